The van der Waals surface area contributed by atoms with Gasteiger partial charge < -0.3 is 10.1 Å². The van der Waals surface area contributed by atoms with Crippen molar-refractivity contribution in [2.24, 2.45) is 5.92 Å². The molecule has 1 aliphatic rings. The van der Waals surface area contributed by atoms with Crippen molar-refractivity contribution >= 4 is 9.84 Å². The van der Waals surface area contributed by atoms with Crippen LogP contribution in [-0.2, 0) is 14.6 Å². The molecule has 0 amide bonds. The van der Waals surface area contributed by atoms with Gasteiger partial charge in [0, 0.05) is 24.8 Å². The van der Waals surface area contributed by atoms with E-state index in [1.54, 1.807) is 12.1 Å². The quantitative estimate of drug-likeness (QED) is 0.874. The van der Waals surface area contributed by atoms with Crippen LogP contribution in [-0.4, -0.2) is 34.4 Å². The Kier molecular flexibility index (Phi) is 5.18. The van der Waals surface area contributed by atoms with Crippen LogP contribution in [0.3, 0.4) is 0 Å². The van der Waals surface area contributed by atoms with Crippen molar-refractivity contribution in [2.75, 3.05) is 26.0 Å². The van der Waals surface area contributed by atoms with E-state index < -0.39 is 9.84 Å². The first-order chi connectivity index (χ1) is 9.52. The molecule has 0 bridgehead atoms. The molecule has 5 heteroatoms. The van der Waals surface area contributed by atoms with Gasteiger partial charge in [-0.3, -0.25) is 0 Å². The fourth-order valence-electron chi connectivity index (χ4n) is 2.59. The summed E-state index contributed by atoms with van der Waals surface area (Å²) in [6.45, 7) is 4.68. The van der Waals surface area contributed by atoms with E-state index in [0.717, 1.165) is 38.2 Å². The molecule has 1 saturated heterocycles. The lowest BCUT2D eigenvalue weighted by Crippen LogP contribution is -2.29. The van der Waals surface area contributed by atoms with Gasteiger partial charge in [0.1, 0.15) is 0 Å². The Morgan fingerprint density at radius 2 is 2.05 bits per heavy atom. The lowest BCUT2D eigenvalue weighted by atomic mass is 9.92. The standard InChI is InChI=1S/C15H23NO3S/c1-3-9-16-15(13-8-10-19-11-13)12-4-6-14(7-5-12)20(2,17)18/h4-7,13,15-16H,3,8-11H2,1-2H3. The summed E-state index contributed by atoms with van der Waals surface area (Å²) in [7, 11) is -3.13. The predicted octanol–water partition coefficient (Wildman–Crippen LogP) is 2.17. The Morgan fingerprint density at radius 3 is 2.55 bits per heavy atom. The minimum Gasteiger partial charge on any atom is -0.381 e. The van der Waals surface area contributed by atoms with Gasteiger partial charge in [0.2, 0.25) is 0 Å². The minimum absolute atomic E-state index is 0.242. The topological polar surface area (TPSA) is 55.4 Å². The van der Waals surface area contributed by atoms with Crippen LogP contribution in [0.25, 0.3) is 0 Å². The number of nitrogens with one attached hydrogen (secondary N) is 1. The first-order valence-electron chi connectivity index (χ1n) is 7.13. The van der Waals surface area contributed by atoms with E-state index in [4.69, 9.17) is 4.74 Å². The lowest BCUT2D eigenvalue weighted by Gasteiger charge is -2.24. The molecule has 2 atom stereocenters. The molecule has 0 aromatic heterocycles. The summed E-state index contributed by atoms with van der Waals surface area (Å²) in [4.78, 5) is 0.373. The average molecular weight is 297 g/mol. The number of benzene rings is 1. The highest BCUT2D eigenvalue weighted by atomic mass is 32.2. The van der Waals surface area contributed by atoms with Gasteiger partial charge >= 0.3 is 0 Å². The molecule has 1 aliphatic heterocycles. The van der Waals surface area contributed by atoms with Crippen molar-refractivity contribution in [1.82, 2.24) is 5.32 Å². The first-order valence-corrected chi connectivity index (χ1v) is 9.02. The highest BCUT2D eigenvalue weighted by Gasteiger charge is 2.26. The van der Waals surface area contributed by atoms with Gasteiger partial charge in [-0.2, -0.15) is 0 Å². The molecule has 1 aromatic rings. The molecule has 0 radical (unpaired) electrons. The first kappa shape index (κ1) is 15.5. The second-order valence-electron chi connectivity index (χ2n) is 5.40. The van der Waals surface area contributed by atoms with Crippen LogP contribution in [0.2, 0.25) is 0 Å². The number of sulfone groups is 1. The summed E-state index contributed by atoms with van der Waals surface area (Å²) >= 11 is 0. The Balaban J connectivity index is 2.19. The summed E-state index contributed by atoms with van der Waals surface area (Å²) in [5.74, 6) is 0.464. The van der Waals surface area contributed by atoms with E-state index >= 15 is 0 Å². The van der Waals surface area contributed by atoms with Crippen LogP contribution in [0.4, 0.5) is 0 Å². The van der Waals surface area contributed by atoms with E-state index in [1.165, 1.54) is 6.26 Å². The molecule has 0 aliphatic carbocycles. The summed E-state index contributed by atoms with van der Waals surface area (Å²) < 4.78 is 28.5. The summed E-state index contributed by atoms with van der Waals surface area (Å²) in [5.41, 5.74) is 1.14. The van der Waals surface area contributed by atoms with Gasteiger partial charge in [0.05, 0.1) is 11.5 Å². The number of hydrogen-bond acceptors (Lipinski definition) is 4. The van der Waals surface area contributed by atoms with Gasteiger partial charge in [-0.05, 0) is 37.1 Å². The predicted molar refractivity (Wildman–Crippen MR) is 79.5 cm³/mol. The zero-order valence-electron chi connectivity index (χ0n) is 12.1. The third kappa shape index (κ3) is 3.81. The van der Waals surface area contributed by atoms with E-state index in [0.29, 0.717) is 10.8 Å². The minimum atomic E-state index is -3.13. The largest absolute Gasteiger partial charge is 0.381 e. The van der Waals surface area contributed by atoms with Crippen LogP contribution in [0.1, 0.15) is 31.4 Å². The molecule has 2 rings (SSSR count). The molecule has 20 heavy (non-hydrogen) atoms. The van der Waals surface area contributed by atoms with Gasteiger partial charge in [-0.15, -0.1) is 0 Å². The molecule has 1 N–H and O–H groups in total. The van der Waals surface area contributed by atoms with Crippen molar-refractivity contribution < 1.29 is 13.2 Å². The zero-order valence-corrected chi connectivity index (χ0v) is 12.9. The smallest absolute Gasteiger partial charge is 0.175 e. The zero-order chi connectivity index (χ0) is 14.6. The SMILES string of the molecule is CCCNC(c1ccc(S(C)(=O)=O)cc1)C1CCOC1. The molecule has 1 fully saturated rings. The van der Waals surface area contributed by atoms with Crippen LogP contribution in [0.15, 0.2) is 29.2 Å². The maximum absolute atomic E-state index is 11.5. The van der Waals surface area contributed by atoms with Crippen LogP contribution in [0.5, 0.6) is 0 Å². The molecule has 2 unspecified atom stereocenters. The van der Waals surface area contributed by atoms with Gasteiger partial charge in [-0.25, -0.2) is 8.42 Å². The van der Waals surface area contributed by atoms with Gasteiger partial charge in [-0.1, -0.05) is 19.1 Å². The van der Waals surface area contributed by atoms with Gasteiger partial charge in [0.25, 0.3) is 0 Å². The lowest BCUT2D eigenvalue weighted by molar-refractivity contribution is 0.176. The maximum atomic E-state index is 11.5. The van der Waals surface area contributed by atoms with Crippen LogP contribution < -0.4 is 5.32 Å². The second-order valence-corrected chi connectivity index (χ2v) is 7.41. The van der Waals surface area contributed by atoms with Crippen LogP contribution >= 0.6 is 0 Å². The third-order valence-corrected chi connectivity index (χ3v) is 4.85. The second kappa shape index (κ2) is 6.70. The third-order valence-electron chi connectivity index (χ3n) is 3.72. The monoisotopic (exact) mass is 297 g/mol. The molecule has 1 heterocycles. The van der Waals surface area contributed by atoms with Crippen molar-refractivity contribution in [3.05, 3.63) is 29.8 Å². The normalized spacial score (nSPS) is 21.0. The highest BCUT2D eigenvalue weighted by Crippen LogP contribution is 2.29. The van der Waals surface area contributed by atoms with Crippen molar-refractivity contribution in [2.45, 2.75) is 30.7 Å². The molecule has 0 saturated carbocycles. The summed E-state index contributed by atoms with van der Waals surface area (Å²) in [5, 5.41) is 3.56. The Labute approximate surface area is 121 Å². The van der Waals surface area contributed by atoms with Crippen molar-refractivity contribution in [3.63, 3.8) is 0 Å². The van der Waals surface area contributed by atoms with E-state index in [1.807, 2.05) is 12.1 Å². The van der Waals surface area contributed by atoms with Crippen LogP contribution in [0, 0.1) is 5.92 Å². The van der Waals surface area contributed by atoms with E-state index in [9.17, 15) is 8.42 Å². The summed E-state index contributed by atoms with van der Waals surface area (Å²) in [6, 6.07) is 7.47. The molecule has 0 spiro atoms. The van der Waals surface area contributed by atoms with E-state index in [2.05, 4.69) is 12.2 Å². The summed E-state index contributed by atoms with van der Waals surface area (Å²) in [6.07, 6.45) is 3.36. The Hall–Kier alpha value is -0.910. The average Bonchev–Trinajstić information content (AvgIpc) is 2.93. The number of rotatable bonds is 6. The van der Waals surface area contributed by atoms with E-state index in [-0.39, 0.29) is 6.04 Å². The molecule has 4 nitrogen and oxygen atoms in total. The number of ether oxygens (including phenoxy) is 1. The molecular formula is C15H23NO3S. The fraction of sp³-hybridized carbons (Fsp3) is 0.600. The van der Waals surface area contributed by atoms with Gasteiger partial charge in [0.15, 0.2) is 9.84 Å². The fourth-order valence-corrected chi connectivity index (χ4v) is 3.22. The highest BCUT2D eigenvalue weighted by molar-refractivity contribution is 7.90. The number of hydrogen-bond donors (Lipinski definition) is 1. The Morgan fingerprint density at radius 1 is 1.35 bits per heavy atom. The molecular weight excluding hydrogens is 274 g/mol. The molecule has 112 valence electrons. The van der Waals surface area contributed by atoms with Crippen molar-refractivity contribution in [3.8, 4) is 0 Å². The Bertz CT molecular complexity index is 519. The maximum Gasteiger partial charge on any atom is 0.175 e. The molecule has 1 aromatic carbocycles. The van der Waals surface area contributed by atoms with Crippen molar-refractivity contribution in [1.29, 1.82) is 0 Å².